The first-order valence-electron chi connectivity index (χ1n) is 12.5. The van der Waals surface area contributed by atoms with Gasteiger partial charge in [0.25, 0.3) is 5.91 Å². The van der Waals surface area contributed by atoms with E-state index in [0.29, 0.717) is 40.1 Å². The Hall–Kier alpha value is -4.64. The van der Waals surface area contributed by atoms with Crippen molar-refractivity contribution in [3.63, 3.8) is 0 Å². The van der Waals surface area contributed by atoms with Crippen molar-refractivity contribution in [3.05, 3.63) is 76.6 Å². The van der Waals surface area contributed by atoms with E-state index in [1.54, 1.807) is 31.0 Å². The highest BCUT2D eigenvalue weighted by molar-refractivity contribution is 6.05. The molecule has 6 rings (SSSR count). The molecule has 0 bridgehead atoms. The van der Waals surface area contributed by atoms with Gasteiger partial charge in [-0.3, -0.25) is 9.69 Å². The highest BCUT2D eigenvalue weighted by atomic mass is 16.7. The molecule has 4 aromatic rings. The molecule has 0 spiro atoms. The second-order valence-electron chi connectivity index (χ2n) is 9.50. The van der Waals surface area contributed by atoms with Gasteiger partial charge < -0.3 is 24.3 Å². The molecule has 1 atom stereocenters. The third-order valence-electron chi connectivity index (χ3n) is 7.11. The molecule has 0 saturated carbocycles. The summed E-state index contributed by atoms with van der Waals surface area (Å²) in [6.45, 7) is 2.91. The number of aryl methyl sites for hydroxylation is 1. The number of carbonyl (C=O) groups is 1. The lowest BCUT2D eigenvalue weighted by Crippen LogP contribution is -2.35. The Balaban J connectivity index is 1.32. The number of carbonyl (C=O) groups excluding carboxylic acids is 1. The van der Waals surface area contributed by atoms with Gasteiger partial charge in [-0.2, -0.15) is 4.68 Å². The number of hydrogen-bond acceptors (Lipinski definition) is 9. The molecule has 1 N–H and O–H groups in total. The zero-order valence-electron chi connectivity index (χ0n) is 22.1. The van der Waals surface area contributed by atoms with E-state index in [-0.39, 0.29) is 18.7 Å². The van der Waals surface area contributed by atoms with E-state index in [0.717, 1.165) is 35.3 Å². The van der Waals surface area contributed by atoms with Crippen molar-refractivity contribution in [1.82, 2.24) is 25.1 Å². The van der Waals surface area contributed by atoms with Crippen LogP contribution in [0, 0.1) is 6.92 Å². The van der Waals surface area contributed by atoms with E-state index < -0.39 is 0 Å². The average molecular weight is 529 g/mol. The molecule has 3 heterocycles. The number of tetrazole rings is 1. The minimum Gasteiger partial charge on any atom is -0.495 e. The molecule has 200 valence electrons. The third-order valence-corrected chi connectivity index (χ3v) is 7.11. The lowest BCUT2D eigenvalue weighted by molar-refractivity contribution is 0.102. The molecule has 0 fully saturated rings. The van der Waals surface area contributed by atoms with Crippen LogP contribution in [0.4, 0.5) is 5.69 Å². The zero-order chi connectivity index (χ0) is 27.1. The topological polar surface area (TPSA) is 113 Å². The molecule has 0 radical (unpaired) electrons. The SMILES string of the molecule is COc1ccc(C)cc1NC(=O)c1ccc(-n2nnnc2C2c3c(cc4c(c3OC)OCO4)CCN2C)cc1. The maximum Gasteiger partial charge on any atom is 0.255 e. The monoisotopic (exact) mass is 528 g/mol. The number of anilines is 1. The average Bonchev–Trinajstić information content (AvgIpc) is 3.62. The minimum absolute atomic E-state index is 0.156. The number of nitrogens with zero attached hydrogens (tertiary/aromatic N) is 5. The van der Waals surface area contributed by atoms with Gasteiger partial charge >= 0.3 is 0 Å². The molecule has 11 nitrogen and oxygen atoms in total. The van der Waals surface area contributed by atoms with Gasteiger partial charge in [0.15, 0.2) is 17.3 Å². The highest BCUT2D eigenvalue weighted by Crippen LogP contribution is 2.50. The second-order valence-corrected chi connectivity index (χ2v) is 9.50. The summed E-state index contributed by atoms with van der Waals surface area (Å²) in [5.41, 5.74) is 4.90. The van der Waals surface area contributed by atoms with Crippen LogP contribution in [0.15, 0.2) is 48.5 Å². The van der Waals surface area contributed by atoms with E-state index in [9.17, 15) is 4.79 Å². The smallest absolute Gasteiger partial charge is 0.255 e. The number of fused-ring (bicyclic) bond motifs is 2. The number of nitrogens with one attached hydrogen (secondary N) is 1. The van der Waals surface area contributed by atoms with Gasteiger partial charge in [0.05, 0.1) is 25.6 Å². The summed E-state index contributed by atoms with van der Waals surface area (Å²) in [4.78, 5) is 15.2. The first-order chi connectivity index (χ1) is 19.0. The quantitative estimate of drug-likeness (QED) is 0.401. The Morgan fingerprint density at radius 3 is 2.67 bits per heavy atom. The first-order valence-corrected chi connectivity index (χ1v) is 12.5. The van der Waals surface area contributed by atoms with Gasteiger partial charge in [-0.25, -0.2) is 0 Å². The summed E-state index contributed by atoms with van der Waals surface area (Å²) in [6.07, 6.45) is 0.826. The fourth-order valence-corrected chi connectivity index (χ4v) is 5.18. The molecular formula is C28H28N6O5. The fourth-order valence-electron chi connectivity index (χ4n) is 5.18. The predicted molar refractivity (Wildman–Crippen MR) is 142 cm³/mol. The normalized spacial score (nSPS) is 16.1. The van der Waals surface area contributed by atoms with E-state index in [2.05, 4.69) is 25.7 Å². The van der Waals surface area contributed by atoms with Gasteiger partial charge in [0.1, 0.15) is 11.8 Å². The number of amides is 1. The lowest BCUT2D eigenvalue weighted by atomic mass is 9.90. The van der Waals surface area contributed by atoms with Gasteiger partial charge in [-0.1, -0.05) is 6.07 Å². The van der Waals surface area contributed by atoms with Crippen molar-refractivity contribution >= 4 is 11.6 Å². The highest BCUT2D eigenvalue weighted by Gasteiger charge is 2.37. The minimum atomic E-state index is -0.287. The summed E-state index contributed by atoms with van der Waals surface area (Å²) in [7, 11) is 5.23. The molecule has 39 heavy (non-hydrogen) atoms. The van der Waals surface area contributed by atoms with E-state index in [4.69, 9.17) is 18.9 Å². The fraction of sp³-hybridized carbons (Fsp3) is 0.286. The molecule has 2 aliphatic rings. The maximum atomic E-state index is 13.0. The Morgan fingerprint density at radius 1 is 1.08 bits per heavy atom. The van der Waals surface area contributed by atoms with Gasteiger partial charge in [0, 0.05) is 17.7 Å². The second kappa shape index (κ2) is 9.91. The van der Waals surface area contributed by atoms with Crippen LogP contribution in [-0.2, 0) is 6.42 Å². The zero-order valence-corrected chi connectivity index (χ0v) is 22.1. The number of methoxy groups -OCH3 is 2. The van der Waals surface area contributed by atoms with E-state index in [1.807, 2.05) is 50.4 Å². The molecule has 11 heteroatoms. The molecule has 0 aliphatic carbocycles. The van der Waals surface area contributed by atoms with E-state index >= 15 is 0 Å². The van der Waals surface area contributed by atoms with Crippen LogP contribution >= 0.6 is 0 Å². The lowest BCUT2D eigenvalue weighted by Gasteiger charge is -2.34. The number of likely N-dealkylation sites (N-methyl/N-ethyl adjacent to an activating group) is 1. The third kappa shape index (κ3) is 4.30. The van der Waals surface area contributed by atoms with Crippen molar-refractivity contribution < 1.29 is 23.7 Å². The summed E-state index contributed by atoms with van der Waals surface area (Å²) in [6, 6.07) is 14.5. The summed E-state index contributed by atoms with van der Waals surface area (Å²) in [5, 5.41) is 15.6. The molecule has 1 aromatic heterocycles. The standard InChI is InChI=1S/C28H28N6O5/c1-16-5-10-21(36-3)20(13-16)29-28(35)17-6-8-19(9-7-17)34-27(30-31-32-34)24-23-18(11-12-33(24)2)14-22-25(26(23)37-4)39-15-38-22/h5-10,13-14,24H,11-12,15H2,1-4H3,(H,29,35). The molecule has 3 aromatic carbocycles. The van der Waals surface area contributed by atoms with Crippen LogP contribution in [0.1, 0.15) is 38.9 Å². The van der Waals surface area contributed by atoms with Crippen molar-refractivity contribution in [2.45, 2.75) is 19.4 Å². The maximum absolute atomic E-state index is 13.0. The number of rotatable bonds is 6. The van der Waals surface area contributed by atoms with Crippen molar-refractivity contribution in [2.24, 2.45) is 0 Å². The van der Waals surface area contributed by atoms with Gasteiger partial charge in [0.2, 0.25) is 12.5 Å². The molecule has 1 unspecified atom stereocenters. The van der Waals surface area contributed by atoms with E-state index in [1.165, 1.54) is 0 Å². The van der Waals surface area contributed by atoms with Crippen LogP contribution in [0.25, 0.3) is 5.69 Å². The Labute approximate surface area is 225 Å². The molecule has 1 amide bonds. The number of benzene rings is 3. The number of aromatic nitrogens is 4. The van der Waals surface area contributed by atoms with Crippen molar-refractivity contribution in [1.29, 1.82) is 0 Å². The Bertz CT molecular complexity index is 1550. The largest absolute Gasteiger partial charge is 0.495 e. The van der Waals surface area contributed by atoms with Crippen LogP contribution in [0.2, 0.25) is 0 Å². The Kier molecular flexibility index (Phi) is 6.27. The molecule has 2 aliphatic heterocycles. The predicted octanol–water partition coefficient (Wildman–Crippen LogP) is 3.55. The van der Waals surface area contributed by atoms with Crippen molar-refractivity contribution in [2.75, 3.05) is 39.9 Å². The van der Waals surface area contributed by atoms with Crippen LogP contribution in [-0.4, -0.2) is 65.6 Å². The Morgan fingerprint density at radius 2 is 1.90 bits per heavy atom. The molecule has 0 saturated heterocycles. The summed E-state index contributed by atoms with van der Waals surface area (Å²) in [5.74, 6) is 2.88. The number of ether oxygens (including phenoxy) is 4. The molecular weight excluding hydrogens is 500 g/mol. The van der Waals surface area contributed by atoms with Gasteiger partial charge in [-0.15, -0.1) is 5.10 Å². The van der Waals surface area contributed by atoms with Crippen LogP contribution in [0.5, 0.6) is 23.0 Å². The van der Waals surface area contributed by atoms with Crippen LogP contribution in [0.3, 0.4) is 0 Å². The first kappa shape index (κ1) is 24.7. The van der Waals surface area contributed by atoms with Crippen LogP contribution < -0.4 is 24.3 Å². The van der Waals surface area contributed by atoms with Gasteiger partial charge in [-0.05, 0) is 84.4 Å². The van der Waals surface area contributed by atoms with Crippen molar-refractivity contribution in [3.8, 4) is 28.7 Å². The number of hydrogen-bond donors (Lipinski definition) is 1. The summed E-state index contributed by atoms with van der Waals surface area (Å²) < 4.78 is 24.3. The summed E-state index contributed by atoms with van der Waals surface area (Å²) >= 11 is 0.